The SMILES string of the molecule is CCNc1ncc2c(n1)N(C)CCN(c1cccc(CO[C@H](CCNC)c3ccccc3)c1)C2. The fourth-order valence-corrected chi connectivity index (χ4v) is 4.29. The molecule has 1 aliphatic rings. The normalized spacial score (nSPS) is 14.4. The Morgan fingerprint density at radius 2 is 1.94 bits per heavy atom. The minimum absolute atomic E-state index is 0.0686. The molecule has 0 spiro atoms. The van der Waals surface area contributed by atoms with E-state index < -0.39 is 0 Å². The molecule has 0 saturated heterocycles. The van der Waals surface area contributed by atoms with Gasteiger partial charge in [0.1, 0.15) is 5.82 Å². The molecule has 180 valence electrons. The summed E-state index contributed by atoms with van der Waals surface area (Å²) in [5.74, 6) is 1.69. The zero-order valence-corrected chi connectivity index (χ0v) is 20.5. The van der Waals surface area contributed by atoms with Crippen LogP contribution in [-0.2, 0) is 17.9 Å². The minimum atomic E-state index is 0.0686. The summed E-state index contributed by atoms with van der Waals surface area (Å²) < 4.78 is 6.40. The van der Waals surface area contributed by atoms with Crippen molar-refractivity contribution in [2.75, 3.05) is 55.4 Å². The topological polar surface area (TPSA) is 65.6 Å². The number of ether oxygens (including phenoxy) is 1. The standard InChI is InChI=1S/C27H36N6O/c1-4-29-27-30-18-23-19-33(16-15-32(3)26(23)31-27)24-12-8-9-21(17-24)20-34-25(13-14-28-2)22-10-6-5-7-11-22/h5-12,17-18,25,28H,4,13-16,19-20H2,1-3H3,(H,29,30,31)/t25-/m1/s1. The van der Waals surface area contributed by atoms with E-state index in [0.717, 1.165) is 50.5 Å². The van der Waals surface area contributed by atoms with E-state index in [1.54, 1.807) is 0 Å². The first-order chi connectivity index (χ1) is 16.7. The van der Waals surface area contributed by atoms with Gasteiger partial charge < -0.3 is 25.2 Å². The molecule has 0 radical (unpaired) electrons. The lowest BCUT2D eigenvalue weighted by atomic mass is 10.1. The van der Waals surface area contributed by atoms with Crippen LogP contribution >= 0.6 is 0 Å². The highest BCUT2D eigenvalue weighted by molar-refractivity contribution is 5.56. The molecular formula is C27H36N6O. The molecule has 1 aliphatic heterocycles. The molecule has 0 amide bonds. The average molecular weight is 461 g/mol. The smallest absolute Gasteiger partial charge is 0.224 e. The van der Waals surface area contributed by atoms with E-state index in [9.17, 15) is 0 Å². The van der Waals surface area contributed by atoms with Crippen molar-refractivity contribution in [2.45, 2.75) is 32.6 Å². The Hall–Kier alpha value is -3.16. The molecule has 0 unspecified atom stereocenters. The number of rotatable bonds is 10. The largest absolute Gasteiger partial charge is 0.369 e. The number of fused-ring (bicyclic) bond motifs is 1. The Labute approximate surface area is 203 Å². The third-order valence-electron chi connectivity index (χ3n) is 6.16. The summed E-state index contributed by atoms with van der Waals surface area (Å²) in [6.07, 6.45) is 2.96. The molecule has 0 saturated carbocycles. The second-order valence-electron chi connectivity index (χ2n) is 8.69. The number of nitrogens with one attached hydrogen (secondary N) is 2. The number of aromatic nitrogens is 2. The lowest BCUT2D eigenvalue weighted by Gasteiger charge is -2.24. The van der Waals surface area contributed by atoms with Crippen molar-refractivity contribution in [1.82, 2.24) is 15.3 Å². The monoisotopic (exact) mass is 460 g/mol. The van der Waals surface area contributed by atoms with Gasteiger partial charge in [-0.1, -0.05) is 42.5 Å². The van der Waals surface area contributed by atoms with Gasteiger partial charge in [-0.3, -0.25) is 0 Å². The fraction of sp³-hybridized carbons (Fsp3) is 0.407. The molecule has 7 nitrogen and oxygen atoms in total. The molecule has 2 heterocycles. The van der Waals surface area contributed by atoms with Crippen LogP contribution in [0.5, 0.6) is 0 Å². The Morgan fingerprint density at radius 1 is 1.09 bits per heavy atom. The Kier molecular flexibility index (Phi) is 8.33. The van der Waals surface area contributed by atoms with Crippen molar-refractivity contribution < 1.29 is 4.74 Å². The Balaban J connectivity index is 1.47. The van der Waals surface area contributed by atoms with Crippen molar-refractivity contribution >= 4 is 17.5 Å². The third kappa shape index (κ3) is 6.04. The number of hydrogen-bond donors (Lipinski definition) is 2. The van der Waals surface area contributed by atoms with Gasteiger partial charge >= 0.3 is 0 Å². The zero-order chi connectivity index (χ0) is 23.8. The van der Waals surface area contributed by atoms with Crippen molar-refractivity contribution in [2.24, 2.45) is 0 Å². The van der Waals surface area contributed by atoms with Crippen LogP contribution in [-0.4, -0.2) is 50.2 Å². The maximum Gasteiger partial charge on any atom is 0.224 e. The summed E-state index contributed by atoms with van der Waals surface area (Å²) >= 11 is 0. The quantitative estimate of drug-likeness (QED) is 0.469. The molecule has 1 aromatic heterocycles. The van der Waals surface area contributed by atoms with E-state index in [2.05, 4.69) is 87.9 Å². The van der Waals surface area contributed by atoms with Gasteiger partial charge in [0.2, 0.25) is 5.95 Å². The van der Waals surface area contributed by atoms with Crippen LogP contribution in [0.2, 0.25) is 0 Å². The van der Waals surface area contributed by atoms with E-state index in [1.807, 2.05) is 19.3 Å². The van der Waals surface area contributed by atoms with Crippen molar-refractivity contribution in [3.63, 3.8) is 0 Å². The molecule has 2 N–H and O–H groups in total. The van der Waals surface area contributed by atoms with Crippen LogP contribution < -0.4 is 20.4 Å². The lowest BCUT2D eigenvalue weighted by Crippen LogP contribution is -2.29. The molecule has 0 bridgehead atoms. The van der Waals surface area contributed by atoms with E-state index in [4.69, 9.17) is 9.72 Å². The number of anilines is 3. The van der Waals surface area contributed by atoms with Crippen LogP contribution in [0.1, 0.15) is 36.1 Å². The van der Waals surface area contributed by atoms with Gasteiger partial charge in [0.25, 0.3) is 0 Å². The molecule has 2 aromatic carbocycles. The second-order valence-corrected chi connectivity index (χ2v) is 8.69. The van der Waals surface area contributed by atoms with Crippen LogP contribution in [0, 0.1) is 0 Å². The highest BCUT2D eigenvalue weighted by Crippen LogP contribution is 2.28. The molecular weight excluding hydrogens is 424 g/mol. The minimum Gasteiger partial charge on any atom is -0.369 e. The first-order valence-corrected chi connectivity index (χ1v) is 12.1. The number of benzene rings is 2. The summed E-state index contributed by atoms with van der Waals surface area (Å²) in [5.41, 5.74) is 4.74. The molecule has 1 atom stereocenters. The molecule has 7 heteroatoms. The van der Waals surface area contributed by atoms with E-state index in [0.29, 0.717) is 12.6 Å². The maximum atomic E-state index is 6.40. The highest BCUT2D eigenvalue weighted by Gasteiger charge is 2.20. The van der Waals surface area contributed by atoms with Crippen LogP contribution in [0.15, 0.2) is 60.8 Å². The summed E-state index contributed by atoms with van der Waals surface area (Å²) in [4.78, 5) is 13.9. The van der Waals surface area contributed by atoms with E-state index >= 15 is 0 Å². The number of nitrogens with zero attached hydrogens (tertiary/aromatic N) is 4. The maximum absolute atomic E-state index is 6.40. The van der Waals surface area contributed by atoms with Crippen LogP contribution in [0.3, 0.4) is 0 Å². The summed E-state index contributed by atoms with van der Waals surface area (Å²) in [7, 11) is 4.08. The molecule has 0 fully saturated rings. The van der Waals surface area contributed by atoms with Crippen molar-refractivity contribution in [3.8, 4) is 0 Å². The van der Waals surface area contributed by atoms with Gasteiger partial charge in [0.15, 0.2) is 0 Å². The molecule has 4 rings (SSSR count). The molecule has 0 aliphatic carbocycles. The fourth-order valence-electron chi connectivity index (χ4n) is 4.29. The molecule has 34 heavy (non-hydrogen) atoms. The van der Waals surface area contributed by atoms with E-state index in [1.165, 1.54) is 16.8 Å². The first kappa shape index (κ1) is 24.0. The number of hydrogen-bond acceptors (Lipinski definition) is 7. The summed E-state index contributed by atoms with van der Waals surface area (Å²) in [6, 6.07) is 19.2. The predicted octanol–water partition coefficient (Wildman–Crippen LogP) is 4.23. The van der Waals surface area contributed by atoms with Crippen LogP contribution in [0.25, 0.3) is 0 Å². The third-order valence-corrected chi connectivity index (χ3v) is 6.16. The van der Waals surface area contributed by atoms with Gasteiger partial charge in [-0.2, -0.15) is 4.98 Å². The second kappa shape index (κ2) is 11.8. The van der Waals surface area contributed by atoms with Gasteiger partial charge in [-0.05, 0) is 50.2 Å². The van der Waals surface area contributed by atoms with Crippen molar-refractivity contribution in [1.29, 1.82) is 0 Å². The summed E-state index contributed by atoms with van der Waals surface area (Å²) in [5, 5.41) is 6.46. The Bertz CT molecular complexity index is 1040. The van der Waals surface area contributed by atoms with E-state index in [-0.39, 0.29) is 6.10 Å². The first-order valence-electron chi connectivity index (χ1n) is 12.1. The summed E-state index contributed by atoms with van der Waals surface area (Å²) in [6.45, 7) is 6.96. The number of likely N-dealkylation sites (N-methyl/N-ethyl adjacent to an activating group) is 1. The van der Waals surface area contributed by atoms with Gasteiger partial charge in [-0.25, -0.2) is 4.98 Å². The molecule has 3 aromatic rings. The van der Waals surface area contributed by atoms with Crippen molar-refractivity contribution in [3.05, 3.63) is 77.5 Å². The zero-order valence-electron chi connectivity index (χ0n) is 20.5. The predicted molar refractivity (Wildman–Crippen MR) is 139 cm³/mol. The van der Waals surface area contributed by atoms with Gasteiger partial charge in [-0.15, -0.1) is 0 Å². The van der Waals surface area contributed by atoms with Crippen LogP contribution in [0.4, 0.5) is 17.5 Å². The van der Waals surface area contributed by atoms with Gasteiger partial charge in [0, 0.05) is 50.7 Å². The lowest BCUT2D eigenvalue weighted by molar-refractivity contribution is 0.0344. The Morgan fingerprint density at radius 3 is 2.74 bits per heavy atom. The van der Waals surface area contributed by atoms with Gasteiger partial charge in [0.05, 0.1) is 12.7 Å². The average Bonchev–Trinajstić information content (AvgIpc) is 3.04. The highest BCUT2D eigenvalue weighted by atomic mass is 16.5.